The molecule has 0 saturated heterocycles. The second-order valence-corrected chi connectivity index (χ2v) is 9.29. The Morgan fingerprint density at radius 3 is 1.20 bits per heavy atom. The monoisotopic (exact) mass is 648 g/mol. The number of quaternary nitrogens is 2. The second-order valence-electron chi connectivity index (χ2n) is 9.29. The van der Waals surface area contributed by atoms with Crippen molar-refractivity contribution in [1.29, 1.82) is 0 Å². The lowest BCUT2D eigenvalue weighted by Gasteiger charge is -2.23. The molecule has 0 unspecified atom stereocenters. The molecule has 0 heterocycles. The van der Waals surface area contributed by atoms with E-state index in [0.717, 1.165) is 47.7 Å². The third-order valence-corrected chi connectivity index (χ3v) is 4.27. The fourth-order valence-electron chi connectivity index (χ4n) is 2.62. The van der Waals surface area contributed by atoms with Gasteiger partial charge in [-0.2, -0.15) is 0 Å². The first-order valence-corrected chi connectivity index (χ1v) is 10.0. The number of nitrogens with zero attached hydrogens (tertiary/aromatic N) is 2. The molecule has 0 amide bonds. The minimum Gasteiger partial charge on any atom is -1.00 e. The minimum absolute atomic E-state index is 0. The molecule has 0 aliphatic carbocycles. The summed E-state index contributed by atoms with van der Waals surface area (Å²) in [4.78, 5) is 24.1. The van der Waals surface area contributed by atoms with Gasteiger partial charge in [0, 0.05) is 0 Å². The van der Waals surface area contributed by atoms with E-state index in [-0.39, 0.29) is 59.9 Å². The summed E-state index contributed by atoms with van der Waals surface area (Å²) in [6.07, 6.45) is 3.71. The summed E-state index contributed by atoms with van der Waals surface area (Å²) in [7, 11) is 12.9. The van der Waals surface area contributed by atoms with Crippen LogP contribution in [-0.2, 0) is 9.47 Å². The van der Waals surface area contributed by atoms with E-state index < -0.39 is 0 Å². The number of benzene rings is 1. The van der Waals surface area contributed by atoms with E-state index in [4.69, 9.17) is 9.47 Å². The number of carbonyl (C=O) groups excluding carboxylic acids is 2. The first kappa shape index (κ1) is 31.7. The summed E-state index contributed by atoms with van der Waals surface area (Å²) < 4.78 is 12.4. The zero-order valence-corrected chi connectivity index (χ0v) is 23.6. The van der Waals surface area contributed by atoms with Crippen molar-refractivity contribution < 1.29 is 76.0 Å². The molecule has 0 aliphatic heterocycles. The van der Waals surface area contributed by atoms with Crippen LogP contribution in [0.5, 0.6) is 0 Å². The van der Waals surface area contributed by atoms with Crippen LogP contribution < -0.4 is 48.0 Å². The van der Waals surface area contributed by atoms with Gasteiger partial charge in [-0.05, 0) is 49.9 Å². The average molecular weight is 648 g/mol. The molecule has 6 nitrogen and oxygen atoms in total. The van der Waals surface area contributed by atoms with E-state index in [1.807, 2.05) is 0 Å². The van der Waals surface area contributed by atoms with Crippen LogP contribution in [0, 0.1) is 0 Å². The highest BCUT2D eigenvalue weighted by atomic mass is 127. The molecule has 0 radical (unpaired) electrons. The third kappa shape index (κ3) is 15.4. The Balaban J connectivity index is 0. The Morgan fingerprint density at radius 1 is 0.633 bits per heavy atom. The van der Waals surface area contributed by atoms with Crippen molar-refractivity contribution in [3.05, 3.63) is 35.4 Å². The summed E-state index contributed by atoms with van der Waals surface area (Å²) in [6, 6.07) is 6.45. The number of rotatable bonds is 12. The van der Waals surface area contributed by atoms with E-state index in [2.05, 4.69) is 42.3 Å². The van der Waals surface area contributed by atoms with Crippen molar-refractivity contribution in [1.82, 2.24) is 0 Å². The molecule has 1 aromatic carbocycles. The molecule has 0 N–H and O–H groups in total. The summed E-state index contributed by atoms with van der Waals surface area (Å²) in [6.45, 7) is 2.92. The van der Waals surface area contributed by atoms with Gasteiger partial charge in [0.15, 0.2) is 0 Å². The van der Waals surface area contributed by atoms with Gasteiger partial charge >= 0.3 is 11.9 Å². The molecule has 174 valence electrons. The van der Waals surface area contributed by atoms with Crippen molar-refractivity contribution in [2.24, 2.45) is 0 Å². The zero-order valence-electron chi connectivity index (χ0n) is 19.2. The van der Waals surface area contributed by atoms with Crippen LogP contribution in [0.1, 0.15) is 46.4 Å². The van der Waals surface area contributed by atoms with E-state index in [0.29, 0.717) is 24.3 Å². The van der Waals surface area contributed by atoms with Crippen molar-refractivity contribution in [2.75, 3.05) is 68.6 Å². The highest BCUT2D eigenvalue weighted by Gasteiger charge is 2.12. The van der Waals surface area contributed by atoms with Gasteiger partial charge < -0.3 is 66.4 Å². The van der Waals surface area contributed by atoms with Crippen molar-refractivity contribution >= 4 is 11.9 Å². The van der Waals surface area contributed by atoms with E-state index in [1.54, 1.807) is 24.3 Å². The summed E-state index contributed by atoms with van der Waals surface area (Å²) in [5, 5.41) is 0. The Hall–Kier alpha value is -0.460. The largest absolute Gasteiger partial charge is 1.00 e. The molecular formula is C22H38I2N2O4. The van der Waals surface area contributed by atoms with Crippen molar-refractivity contribution in [3.63, 3.8) is 0 Å². The van der Waals surface area contributed by atoms with Crippen LogP contribution in [0.15, 0.2) is 24.3 Å². The third-order valence-electron chi connectivity index (χ3n) is 4.27. The van der Waals surface area contributed by atoms with Gasteiger partial charge in [0.2, 0.25) is 0 Å². The highest BCUT2D eigenvalue weighted by Crippen LogP contribution is 2.09. The lowest BCUT2D eigenvalue weighted by molar-refractivity contribution is -0.870. The predicted molar refractivity (Wildman–Crippen MR) is 111 cm³/mol. The Morgan fingerprint density at radius 2 is 0.933 bits per heavy atom. The maximum Gasteiger partial charge on any atom is 0.338 e. The normalized spacial score (nSPS) is 11.1. The van der Waals surface area contributed by atoms with Gasteiger partial charge in [-0.25, -0.2) is 9.59 Å². The molecule has 1 rings (SSSR count). The topological polar surface area (TPSA) is 52.6 Å². The second kappa shape index (κ2) is 15.4. The van der Waals surface area contributed by atoms with Gasteiger partial charge in [0.25, 0.3) is 0 Å². The maximum absolute atomic E-state index is 12.1. The van der Waals surface area contributed by atoms with Gasteiger partial charge in [-0.3, -0.25) is 0 Å². The quantitative estimate of drug-likeness (QED) is 0.105. The molecule has 0 atom stereocenters. The number of esters is 2. The number of ether oxygens (including phenoxy) is 2. The fraction of sp³-hybridized carbons (Fsp3) is 0.636. The standard InChI is InChI=1S/C22H38N2O4.2HI/c1-23(2,3)15-7-9-17-27-21(25)19-11-13-20(14-12-19)22(26)28-18-10-8-16-24(4,5)6;;/h11-14H,7-10,15-18H2,1-6H3;2*1H/q+2;;/p-2. The smallest absolute Gasteiger partial charge is 0.338 e. The first-order chi connectivity index (χ1) is 13.0. The number of hydrogen-bond donors (Lipinski definition) is 0. The number of halogens is 2. The van der Waals surface area contributed by atoms with E-state index >= 15 is 0 Å². The molecule has 0 bridgehead atoms. The van der Waals surface area contributed by atoms with Crippen molar-refractivity contribution in [3.8, 4) is 0 Å². The lowest BCUT2D eigenvalue weighted by atomic mass is 10.1. The highest BCUT2D eigenvalue weighted by molar-refractivity contribution is 5.93. The van der Waals surface area contributed by atoms with Gasteiger partial charge in [-0.15, -0.1) is 0 Å². The fourth-order valence-corrected chi connectivity index (χ4v) is 2.62. The van der Waals surface area contributed by atoms with Crippen LogP contribution in [0.3, 0.4) is 0 Å². The number of carbonyl (C=O) groups is 2. The lowest BCUT2D eigenvalue weighted by Crippen LogP contribution is -3.00. The number of hydrogen-bond acceptors (Lipinski definition) is 4. The molecule has 8 heteroatoms. The van der Waals surface area contributed by atoms with Gasteiger partial charge in [0.05, 0.1) is 79.7 Å². The molecular weight excluding hydrogens is 610 g/mol. The first-order valence-electron chi connectivity index (χ1n) is 10.0. The van der Waals surface area contributed by atoms with Crippen LogP contribution in [0.2, 0.25) is 0 Å². The summed E-state index contributed by atoms with van der Waals surface area (Å²) in [5.74, 6) is -0.712. The molecule has 0 spiro atoms. The van der Waals surface area contributed by atoms with Crippen LogP contribution in [0.25, 0.3) is 0 Å². The zero-order chi connectivity index (χ0) is 21.2. The van der Waals surface area contributed by atoms with Gasteiger partial charge in [0.1, 0.15) is 0 Å². The van der Waals surface area contributed by atoms with Gasteiger partial charge in [-0.1, -0.05) is 0 Å². The Bertz CT molecular complexity index is 569. The van der Waals surface area contributed by atoms with Crippen LogP contribution in [-0.4, -0.2) is 89.5 Å². The van der Waals surface area contributed by atoms with E-state index in [9.17, 15) is 9.59 Å². The van der Waals surface area contributed by atoms with Crippen molar-refractivity contribution in [2.45, 2.75) is 25.7 Å². The SMILES string of the molecule is C[N+](C)(C)CCCCOC(=O)c1ccc(C(=O)OCCCC[N+](C)(C)C)cc1.[I-].[I-]. The summed E-state index contributed by atoms with van der Waals surface area (Å²) in [5.41, 5.74) is 0.900. The molecule has 1 aromatic rings. The summed E-state index contributed by atoms with van der Waals surface area (Å²) >= 11 is 0. The number of unbranched alkanes of at least 4 members (excludes halogenated alkanes) is 2. The molecule has 30 heavy (non-hydrogen) atoms. The molecule has 0 saturated carbocycles. The molecule has 0 aliphatic rings. The maximum atomic E-state index is 12.1. The Labute approximate surface area is 216 Å². The van der Waals surface area contributed by atoms with Crippen LogP contribution in [0.4, 0.5) is 0 Å². The average Bonchev–Trinajstić information content (AvgIpc) is 2.59. The minimum atomic E-state index is -0.356. The molecule has 0 fully saturated rings. The molecule has 0 aromatic heterocycles. The van der Waals surface area contributed by atoms with E-state index in [1.165, 1.54) is 0 Å². The van der Waals surface area contributed by atoms with Crippen LogP contribution >= 0.6 is 0 Å². The Kier molecular flexibility index (Phi) is 16.2. The predicted octanol–water partition coefficient (Wildman–Crippen LogP) is -3.02.